The lowest BCUT2D eigenvalue weighted by Crippen LogP contribution is -2.05. The zero-order valence-corrected chi connectivity index (χ0v) is 13.5. The molecule has 0 saturated heterocycles. The molecule has 0 heterocycles. The first-order chi connectivity index (χ1) is 9.70. The van der Waals surface area contributed by atoms with Gasteiger partial charge in [-0.25, -0.2) is 0 Å². The maximum atomic E-state index is 11.4. The van der Waals surface area contributed by atoms with Crippen molar-refractivity contribution in [3.63, 3.8) is 0 Å². The standard InChI is InChI=1S/C17H34O3/c1-3-5-12-15-20-17(19)14-11-9-7-6-8-10-13-16(18)4-2/h16,18H,3-15H2,1-2H3. The van der Waals surface area contributed by atoms with Crippen LogP contribution >= 0.6 is 0 Å². The van der Waals surface area contributed by atoms with Gasteiger partial charge in [-0.2, -0.15) is 0 Å². The van der Waals surface area contributed by atoms with Crippen molar-refractivity contribution < 1.29 is 14.6 Å². The Morgan fingerprint density at radius 3 is 2.25 bits per heavy atom. The summed E-state index contributed by atoms with van der Waals surface area (Å²) in [6.45, 7) is 4.75. The van der Waals surface area contributed by atoms with Gasteiger partial charge in [0, 0.05) is 6.42 Å². The Balaban J connectivity index is 3.17. The van der Waals surface area contributed by atoms with Crippen LogP contribution < -0.4 is 0 Å². The van der Waals surface area contributed by atoms with Crippen molar-refractivity contribution in [3.05, 3.63) is 0 Å². The molecule has 3 heteroatoms. The van der Waals surface area contributed by atoms with E-state index in [1.165, 1.54) is 19.3 Å². The van der Waals surface area contributed by atoms with E-state index in [0.29, 0.717) is 13.0 Å². The van der Waals surface area contributed by atoms with Gasteiger partial charge in [-0.3, -0.25) is 4.79 Å². The third-order valence-corrected chi connectivity index (χ3v) is 3.65. The molecule has 0 rings (SSSR count). The molecule has 0 aliphatic carbocycles. The van der Waals surface area contributed by atoms with Crippen molar-refractivity contribution in [2.45, 2.75) is 97.0 Å². The summed E-state index contributed by atoms with van der Waals surface area (Å²) in [5.41, 5.74) is 0. The molecular formula is C17H34O3. The summed E-state index contributed by atoms with van der Waals surface area (Å²) in [5, 5.41) is 9.41. The molecule has 3 nitrogen and oxygen atoms in total. The van der Waals surface area contributed by atoms with E-state index in [4.69, 9.17) is 4.74 Å². The molecule has 0 aromatic heterocycles. The number of carbonyl (C=O) groups excluding carboxylic acids is 1. The maximum Gasteiger partial charge on any atom is 0.305 e. The van der Waals surface area contributed by atoms with Gasteiger partial charge in [0.1, 0.15) is 0 Å². The van der Waals surface area contributed by atoms with E-state index in [-0.39, 0.29) is 12.1 Å². The Labute approximate surface area is 125 Å². The Morgan fingerprint density at radius 2 is 1.60 bits per heavy atom. The predicted octanol–water partition coefficient (Wildman–Crippen LogP) is 4.61. The molecule has 0 radical (unpaired) electrons. The van der Waals surface area contributed by atoms with Crippen LogP contribution in [0.25, 0.3) is 0 Å². The van der Waals surface area contributed by atoms with Gasteiger partial charge in [-0.15, -0.1) is 0 Å². The van der Waals surface area contributed by atoms with Gasteiger partial charge in [-0.05, 0) is 25.7 Å². The van der Waals surface area contributed by atoms with E-state index in [0.717, 1.165) is 51.4 Å². The number of hydrogen-bond donors (Lipinski definition) is 1. The highest BCUT2D eigenvalue weighted by Gasteiger charge is 2.02. The van der Waals surface area contributed by atoms with Crippen LogP contribution in [0.1, 0.15) is 90.9 Å². The number of hydrogen-bond acceptors (Lipinski definition) is 3. The molecule has 0 aliphatic heterocycles. The van der Waals surface area contributed by atoms with Crippen LogP contribution in [0.3, 0.4) is 0 Å². The van der Waals surface area contributed by atoms with Crippen LogP contribution in [0.4, 0.5) is 0 Å². The van der Waals surface area contributed by atoms with E-state index in [9.17, 15) is 9.90 Å². The average Bonchev–Trinajstić information content (AvgIpc) is 2.46. The maximum absolute atomic E-state index is 11.4. The second-order valence-electron chi connectivity index (χ2n) is 5.65. The number of rotatable bonds is 14. The zero-order valence-electron chi connectivity index (χ0n) is 13.5. The molecule has 1 atom stereocenters. The van der Waals surface area contributed by atoms with Gasteiger partial charge in [0.2, 0.25) is 0 Å². The molecule has 0 aromatic rings. The van der Waals surface area contributed by atoms with Crippen molar-refractivity contribution in [2.75, 3.05) is 6.61 Å². The SMILES string of the molecule is CCCCCOC(=O)CCCCCCCCC(O)CC. The van der Waals surface area contributed by atoms with E-state index >= 15 is 0 Å². The van der Waals surface area contributed by atoms with E-state index in [2.05, 4.69) is 6.92 Å². The number of esters is 1. The molecule has 1 unspecified atom stereocenters. The third-order valence-electron chi connectivity index (χ3n) is 3.65. The molecule has 0 bridgehead atoms. The highest BCUT2D eigenvalue weighted by molar-refractivity contribution is 5.69. The first kappa shape index (κ1) is 19.4. The minimum atomic E-state index is -0.113. The topological polar surface area (TPSA) is 46.5 Å². The van der Waals surface area contributed by atoms with Crippen molar-refractivity contribution in [1.82, 2.24) is 0 Å². The zero-order chi connectivity index (χ0) is 15.1. The Kier molecular flexibility index (Phi) is 14.4. The normalized spacial score (nSPS) is 12.3. The molecular weight excluding hydrogens is 252 g/mol. The van der Waals surface area contributed by atoms with Crippen LogP contribution in [0.15, 0.2) is 0 Å². The summed E-state index contributed by atoms with van der Waals surface area (Å²) in [7, 11) is 0. The lowest BCUT2D eigenvalue weighted by molar-refractivity contribution is -0.143. The summed E-state index contributed by atoms with van der Waals surface area (Å²) < 4.78 is 5.16. The molecule has 20 heavy (non-hydrogen) atoms. The molecule has 0 aliphatic rings. The van der Waals surface area contributed by atoms with Crippen LogP contribution in [-0.4, -0.2) is 23.8 Å². The van der Waals surface area contributed by atoms with Crippen molar-refractivity contribution in [2.24, 2.45) is 0 Å². The fourth-order valence-electron chi connectivity index (χ4n) is 2.17. The monoisotopic (exact) mass is 286 g/mol. The quantitative estimate of drug-likeness (QED) is 0.374. The summed E-state index contributed by atoms with van der Waals surface area (Å²) in [6.07, 6.45) is 12.3. The lowest BCUT2D eigenvalue weighted by Gasteiger charge is -2.07. The Bertz CT molecular complexity index is 216. The Morgan fingerprint density at radius 1 is 0.950 bits per heavy atom. The van der Waals surface area contributed by atoms with Crippen molar-refractivity contribution in [3.8, 4) is 0 Å². The molecule has 0 aromatic carbocycles. The Hall–Kier alpha value is -0.570. The summed E-state index contributed by atoms with van der Waals surface area (Å²) in [6, 6.07) is 0. The highest BCUT2D eigenvalue weighted by atomic mass is 16.5. The van der Waals surface area contributed by atoms with Crippen LogP contribution in [0.2, 0.25) is 0 Å². The smallest absolute Gasteiger partial charge is 0.305 e. The summed E-state index contributed by atoms with van der Waals surface area (Å²) in [4.78, 5) is 11.4. The average molecular weight is 286 g/mol. The van der Waals surface area contributed by atoms with Crippen LogP contribution in [-0.2, 0) is 9.53 Å². The van der Waals surface area contributed by atoms with Crippen molar-refractivity contribution >= 4 is 5.97 Å². The van der Waals surface area contributed by atoms with Gasteiger partial charge in [0.15, 0.2) is 0 Å². The van der Waals surface area contributed by atoms with E-state index in [1.807, 2.05) is 6.92 Å². The first-order valence-corrected chi connectivity index (χ1v) is 8.54. The number of carbonyl (C=O) groups is 1. The van der Waals surface area contributed by atoms with E-state index in [1.54, 1.807) is 0 Å². The summed E-state index contributed by atoms with van der Waals surface area (Å²) in [5.74, 6) is -0.0350. The molecule has 0 fully saturated rings. The summed E-state index contributed by atoms with van der Waals surface area (Å²) >= 11 is 0. The molecule has 0 amide bonds. The molecule has 0 saturated carbocycles. The highest BCUT2D eigenvalue weighted by Crippen LogP contribution is 2.11. The number of aliphatic hydroxyl groups excluding tert-OH is 1. The van der Waals surface area contributed by atoms with Gasteiger partial charge in [0.05, 0.1) is 12.7 Å². The minimum Gasteiger partial charge on any atom is -0.466 e. The predicted molar refractivity (Wildman–Crippen MR) is 83.7 cm³/mol. The minimum absolute atomic E-state index is 0.0350. The number of aliphatic hydroxyl groups is 1. The molecule has 120 valence electrons. The second-order valence-corrected chi connectivity index (χ2v) is 5.65. The van der Waals surface area contributed by atoms with Crippen LogP contribution in [0.5, 0.6) is 0 Å². The van der Waals surface area contributed by atoms with Gasteiger partial charge in [-0.1, -0.05) is 58.8 Å². The molecule has 0 spiro atoms. The molecule has 1 N–H and O–H groups in total. The van der Waals surface area contributed by atoms with Crippen molar-refractivity contribution in [1.29, 1.82) is 0 Å². The number of ether oxygens (including phenoxy) is 1. The van der Waals surface area contributed by atoms with Crippen LogP contribution in [0, 0.1) is 0 Å². The fraction of sp³-hybridized carbons (Fsp3) is 0.941. The third kappa shape index (κ3) is 13.9. The van der Waals surface area contributed by atoms with Gasteiger partial charge < -0.3 is 9.84 Å². The number of unbranched alkanes of at least 4 members (excludes halogenated alkanes) is 7. The van der Waals surface area contributed by atoms with Gasteiger partial charge in [0.25, 0.3) is 0 Å². The fourth-order valence-corrected chi connectivity index (χ4v) is 2.17. The lowest BCUT2D eigenvalue weighted by atomic mass is 10.1. The first-order valence-electron chi connectivity index (χ1n) is 8.54. The van der Waals surface area contributed by atoms with Gasteiger partial charge >= 0.3 is 5.97 Å². The second kappa shape index (κ2) is 14.8. The van der Waals surface area contributed by atoms with E-state index < -0.39 is 0 Å². The largest absolute Gasteiger partial charge is 0.466 e.